The van der Waals surface area contributed by atoms with Gasteiger partial charge in [-0.05, 0) is 42.0 Å². The molecular formula is C21H20N4O. The van der Waals surface area contributed by atoms with Crippen LogP contribution >= 0.6 is 0 Å². The minimum Gasteiger partial charge on any atom is -0.361 e. The molecule has 3 aromatic rings. The molecule has 0 spiro atoms. The van der Waals surface area contributed by atoms with E-state index in [0.717, 1.165) is 49.2 Å². The van der Waals surface area contributed by atoms with Crippen LogP contribution in [0.2, 0.25) is 0 Å². The molecule has 0 aliphatic carbocycles. The second-order valence-electron chi connectivity index (χ2n) is 6.66. The molecule has 4 rings (SSSR count). The Bertz CT molecular complexity index is 960. The van der Waals surface area contributed by atoms with Crippen molar-refractivity contribution in [3.05, 3.63) is 71.4 Å². The summed E-state index contributed by atoms with van der Waals surface area (Å²) in [5.41, 5.74) is 3.68. The van der Waals surface area contributed by atoms with Crippen molar-refractivity contribution < 1.29 is 4.79 Å². The lowest BCUT2D eigenvalue weighted by molar-refractivity contribution is 0.0628. The van der Waals surface area contributed by atoms with Crippen molar-refractivity contribution in [1.29, 1.82) is 5.26 Å². The van der Waals surface area contributed by atoms with E-state index in [1.54, 1.807) is 0 Å². The standard InChI is InChI=1S/C21H20N4O/c22-14-16-1-3-17(4-2-16)15-24-9-11-25(12-10-24)21(26)19-5-6-20-18(13-19)7-8-23-20/h1-8,13,23H,9-12,15H2. The number of piperazine rings is 1. The van der Waals surface area contributed by atoms with E-state index < -0.39 is 0 Å². The SMILES string of the molecule is N#Cc1ccc(CN2CCN(C(=O)c3ccc4[nH]ccc4c3)CC2)cc1. The number of hydrogen-bond donors (Lipinski definition) is 1. The monoisotopic (exact) mass is 344 g/mol. The summed E-state index contributed by atoms with van der Waals surface area (Å²) in [5, 5.41) is 9.94. The smallest absolute Gasteiger partial charge is 0.253 e. The number of carbonyl (C=O) groups excluding carboxylic acids is 1. The molecule has 26 heavy (non-hydrogen) atoms. The summed E-state index contributed by atoms with van der Waals surface area (Å²) in [6.07, 6.45) is 1.89. The molecule has 1 aromatic heterocycles. The van der Waals surface area contributed by atoms with Crippen LogP contribution in [0.15, 0.2) is 54.7 Å². The van der Waals surface area contributed by atoms with E-state index in [4.69, 9.17) is 5.26 Å². The van der Waals surface area contributed by atoms with Gasteiger partial charge in [-0.2, -0.15) is 5.26 Å². The van der Waals surface area contributed by atoms with Crippen LogP contribution in [0.5, 0.6) is 0 Å². The van der Waals surface area contributed by atoms with Crippen LogP contribution in [0.1, 0.15) is 21.5 Å². The molecule has 1 N–H and O–H groups in total. The van der Waals surface area contributed by atoms with E-state index in [1.807, 2.05) is 59.6 Å². The molecule has 5 heteroatoms. The first-order valence-electron chi connectivity index (χ1n) is 8.81. The van der Waals surface area contributed by atoms with Crippen LogP contribution in [0.4, 0.5) is 0 Å². The molecule has 0 radical (unpaired) electrons. The van der Waals surface area contributed by atoms with E-state index >= 15 is 0 Å². The fourth-order valence-corrected chi connectivity index (χ4v) is 3.42. The topological polar surface area (TPSA) is 63.1 Å². The summed E-state index contributed by atoms with van der Waals surface area (Å²) in [5.74, 6) is 0.103. The van der Waals surface area contributed by atoms with Gasteiger partial charge in [-0.3, -0.25) is 9.69 Å². The van der Waals surface area contributed by atoms with Gasteiger partial charge < -0.3 is 9.88 Å². The highest BCUT2D eigenvalue weighted by atomic mass is 16.2. The van der Waals surface area contributed by atoms with E-state index in [1.165, 1.54) is 5.56 Å². The Balaban J connectivity index is 1.36. The van der Waals surface area contributed by atoms with Gasteiger partial charge in [0.25, 0.3) is 5.91 Å². The number of aromatic nitrogens is 1. The number of fused-ring (bicyclic) bond motifs is 1. The van der Waals surface area contributed by atoms with Crippen LogP contribution in [-0.4, -0.2) is 46.9 Å². The minimum absolute atomic E-state index is 0.103. The molecule has 0 bridgehead atoms. The first-order valence-corrected chi connectivity index (χ1v) is 8.81. The number of benzene rings is 2. The zero-order valence-corrected chi connectivity index (χ0v) is 14.5. The predicted octanol–water partition coefficient (Wildman–Crippen LogP) is 3.00. The maximum absolute atomic E-state index is 12.8. The van der Waals surface area contributed by atoms with E-state index in [0.29, 0.717) is 5.56 Å². The van der Waals surface area contributed by atoms with Gasteiger partial charge in [0.15, 0.2) is 0 Å². The van der Waals surface area contributed by atoms with Crippen LogP contribution in [0.3, 0.4) is 0 Å². The summed E-state index contributed by atoms with van der Waals surface area (Å²) >= 11 is 0. The van der Waals surface area contributed by atoms with Crippen molar-refractivity contribution in [3.8, 4) is 6.07 Å². The van der Waals surface area contributed by atoms with Crippen molar-refractivity contribution in [2.24, 2.45) is 0 Å². The highest BCUT2D eigenvalue weighted by Gasteiger charge is 2.22. The number of nitriles is 1. The molecule has 1 aliphatic heterocycles. The number of aromatic amines is 1. The Labute approximate surface area is 152 Å². The van der Waals surface area contributed by atoms with Crippen molar-refractivity contribution in [2.45, 2.75) is 6.54 Å². The lowest BCUT2D eigenvalue weighted by atomic mass is 10.1. The van der Waals surface area contributed by atoms with Gasteiger partial charge >= 0.3 is 0 Å². The Kier molecular flexibility index (Phi) is 4.42. The van der Waals surface area contributed by atoms with Gasteiger partial charge in [0.1, 0.15) is 0 Å². The Morgan fingerprint density at radius 3 is 2.54 bits per heavy atom. The number of nitrogens with zero attached hydrogens (tertiary/aromatic N) is 3. The third-order valence-electron chi connectivity index (χ3n) is 4.95. The second kappa shape index (κ2) is 7.03. The van der Waals surface area contributed by atoms with Crippen molar-refractivity contribution >= 4 is 16.8 Å². The molecule has 1 aliphatic rings. The van der Waals surface area contributed by atoms with Gasteiger partial charge in [-0.25, -0.2) is 0 Å². The van der Waals surface area contributed by atoms with Crippen molar-refractivity contribution in [2.75, 3.05) is 26.2 Å². The van der Waals surface area contributed by atoms with E-state index in [2.05, 4.69) is 16.0 Å². The number of hydrogen-bond acceptors (Lipinski definition) is 3. The molecule has 0 saturated carbocycles. The van der Waals surface area contributed by atoms with Gasteiger partial charge in [-0.15, -0.1) is 0 Å². The number of amides is 1. The van der Waals surface area contributed by atoms with E-state index in [9.17, 15) is 4.79 Å². The zero-order chi connectivity index (χ0) is 17.9. The molecule has 2 aromatic carbocycles. The van der Waals surface area contributed by atoms with Crippen LogP contribution in [-0.2, 0) is 6.54 Å². The quantitative estimate of drug-likeness (QED) is 0.794. The van der Waals surface area contributed by atoms with Crippen molar-refractivity contribution in [3.63, 3.8) is 0 Å². The third kappa shape index (κ3) is 3.32. The van der Waals surface area contributed by atoms with Gasteiger partial charge in [0.2, 0.25) is 0 Å². The molecule has 130 valence electrons. The Hall–Kier alpha value is -3.10. The average Bonchev–Trinajstić information content (AvgIpc) is 3.16. The summed E-state index contributed by atoms with van der Waals surface area (Å²) in [6, 6.07) is 17.7. The molecule has 5 nitrogen and oxygen atoms in total. The maximum atomic E-state index is 12.8. The summed E-state index contributed by atoms with van der Waals surface area (Å²) in [7, 11) is 0. The largest absolute Gasteiger partial charge is 0.361 e. The average molecular weight is 344 g/mol. The van der Waals surface area contributed by atoms with Crippen molar-refractivity contribution in [1.82, 2.24) is 14.8 Å². The number of nitrogens with one attached hydrogen (secondary N) is 1. The van der Waals surface area contributed by atoms with Crippen LogP contribution in [0.25, 0.3) is 10.9 Å². The molecule has 1 amide bonds. The third-order valence-corrected chi connectivity index (χ3v) is 4.95. The fourth-order valence-electron chi connectivity index (χ4n) is 3.42. The molecular weight excluding hydrogens is 324 g/mol. The Morgan fingerprint density at radius 1 is 1.04 bits per heavy atom. The molecule has 0 unspecified atom stereocenters. The highest BCUT2D eigenvalue weighted by molar-refractivity contribution is 5.98. The number of carbonyl (C=O) groups is 1. The van der Waals surface area contributed by atoms with Gasteiger partial charge in [0.05, 0.1) is 11.6 Å². The number of H-pyrrole nitrogens is 1. The molecule has 1 fully saturated rings. The Morgan fingerprint density at radius 2 is 1.81 bits per heavy atom. The summed E-state index contributed by atoms with van der Waals surface area (Å²) < 4.78 is 0. The molecule has 1 saturated heterocycles. The first kappa shape index (κ1) is 16.4. The lowest BCUT2D eigenvalue weighted by Gasteiger charge is -2.34. The predicted molar refractivity (Wildman–Crippen MR) is 101 cm³/mol. The first-order chi connectivity index (χ1) is 12.7. The zero-order valence-electron chi connectivity index (χ0n) is 14.5. The van der Waals surface area contributed by atoms with E-state index in [-0.39, 0.29) is 5.91 Å². The molecule has 2 heterocycles. The number of rotatable bonds is 3. The lowest BCUT2D eigenvalue weighted by Crippen LogP contribution is -2.48. The van der Waals surface area contributed by atoms with Gasteiger partial charge in [-0.1, -0.05) is 12.1 Å². The molecule has 0 atom stereocenters. The summed E-state index contributed by atoms with van der Waals surface area (Å²) in [4.78, 5) is 20.2. The van der Waals surface area contributed by atoms with Crippen LogP contribution in [0, 0.1) is 11.3 Å². The highest BCUT2D eigenvalue weighted by Crippen LogP contribution is 2.17. The normalized spacial score (nSPS) is 15.1. The van der Waals surface area contributed by atoms with Crippen LogP contribution < -0.4 is 0 Å². The maximum Gasteiger partial charge on any atom is 0.253 e. The summed E-state index contributed by atoms with van der Waals surface area (Å²) in [6.45, 7) is 4.04. The fraction of sp³-hybridized carbons (Fsp3) is 0.238. The second-order valence-corrected chi connectivity index (χ2v) is 6.66. The minimum atomic E-state index is 0.103. The van der Waals surface area contributed by atoms with Gasteiger partial charge in [0, 0.05) is 55.4 Å².